The van der Waals surface area contributed by atoms with Gasteiger partial charge in [-0.25, -0.2) is 0 Å². The highest BCUT2D eigenvalue weighted by Gasteiger charge is 2.05. The van der Waals surface area contributed by atoms with Crippen LogP contribution in [0.4, 0.5) is 0 Å². The first-order chi connectivity index (χ1) is 7.63. The highest BCUT2D eigenvalue weighted by atomic mass is 15.1. The average Bonchev–Trinajstić information content (AvgIpc) is 2.28. The lowest BCUT2D eigenvalue weighted by molar-refractivity contribution is 0.292. The number of aryl methyl sites for hydroxylation is 1. The second-order valence-electron chi connectivity index (χ2n) is 4.78. The monoisotopic (exact) mass is 220 g/mol. The summed E-state index contributed by atoms with van der Waals surface area (Å²) in [4.78, 5) is 2.37. The zero-order chi connectivity index (χ0) is 12.0. The second-order valence-corrected chi connectivity index (χ2v) is 4.78. The van der Waals surface area contributed by atoms with E-state index in [4.69, 9.17) is 5.73 Å². The van der Waals surface area contributed by atoms with Crippen molar-refractivity contribution in [2.45, 2.75) is 20.3 Å². The average molecular weight is 220 g/mol. The van der Waals surface area contributed by atoms with Crippen LogP contribution in [0.15, 0.2) is 24.3 Å². The molecular formula is C14H24N2. The molecule has 0 saturated heterocycles. The van der Waals surface area contributed by atoms with Gasteiger partial charge < -0.3 is 10.6 Å². The fourth-order valence-electron chi connectivity index (χ4n) is 1.90. The number of likely N-dealkylation sites (N-methyl/N-ethyl adjacent to an activating group) is 1. The van der Waals surface area contributed by atoms with Gasteiger partial charge in [-0.1, -0.05) is 31.2 Å². The molecular weight excluding hydrogens is 196 g/mol. The van der Waals surface area contributed by atoms with Crippen LogP contribution in [0.2, 0.25) is 0 Å². The van der Waals surface area contributed by atoms with Crippen molar-refractivity contribution in [2.24, 2.45) is 11.7 Å². The van der Waals surface area contributed by atoms with Crippen LogP contribution < -0.4 is 5.73 Å². The molecule has 1 rings (SSSR count). The minimum Gasteiger partial charge on any atom is -0.330 e. The Balaban J connectivity index is 2.37. The molecule has 0 heterocycles. The highest BCUT2D eigenvalue weighted by molar-refractivity contribution is 5.25. The summed E-state index contributed by atoms with van der Waals surface area (Å²) in [6.07, 6.45) is 1.13. The summed E-state index contributed by atoms with van der Waals surface area (Å²) in [6.45, 7) is 7.34. The Kier molecular flexibility index (Phi) is 5.50. The van der Waals surface area contributed by atoms with E-state index in [1.54, 1.807) is 0 Å². The van der Waals surface area contributed by atoms with Gasteiger partial charge in [0.25, 0.3) is 0 Å². The van der Waals surface area contributed by atoms with Crippen molar-refractivity contribution in [3.8, 4) is 0 Å². The molecule has 0 fully saturated rings. The Labute approximate surface area is 99.5 Å². The summed E-state index contributed by atoms with van der Waals surface area (Å²) < 4.78 is 0. The third-order valence-corrected chi connectivity index (χ3v) is 3.05. The van der Waals surface area contributed by atoms with E-state index in [0.29, 0.717) is 5.92 Å². The van der Waals surface area contributed by atoms with E-state index in [1.807, 2.05) is 0 Å². The predicted octanol–water partition coefficient (Wildman–Crippen LogP) is 2.06. The molecule has 0 bridgehead atoms. The maximum Gasteiger partial charge on any atom is 0.00190 e. The van der Waals surface area contributed by atoms with Gasteiger partial charge >= 0.3 is 0 Å². The SMILES string of the molecule is Cc1ccccc1CCN(C)CC(C)CN. The van der Waals surface area contributed by atoms with Crippen LogP contribution in [0, 0.1) is 12.8 Å². The topological polar surface area (TPSA) is 29.3 Å². The second kappa shape index (κ2) is 6.66. The maximum absolute atomic E-state index is 5.63. The molecule has 0 amide bonds. The largest absolute Gasteiger partial charge is 0.330 e. The summed E-state index contributed by atoms with van der Waals surface area (Å²) in [5.41, 5.74) is 8.47. The Morgan fingerprint density at radius 3 is 2.62 bits per heavy atom. The van der Waals surface area contributed by atoms with Crippen molar-refractivity contribution in [3.05, 3.63) is 35.4 Å². The molecule has 0 aromatic heterocycles. The van der Waals surface area contributed by atoms with E-state index >= 15 is 0 Å². The van der Waals surface area contributed by atoms with Crippen LogP contribution in [-0.2, 0) is 6.42 Å². The van der Waals surface area contributed by atoms with Crippen LogP contribution in [0.5, 0.6) is 0 Å². The zero-order valence-corrected chi connectivity index (χ0v) is 10.7. The predicted molar refractivity (Wildman–Crippen MR) is 70.6 cm³/mol. The Bertz CT molecular complexity index is 309. The number of rotatable bonds is 6. The molecule has 0 saturated carbocycles. The van der Waals surface area contributed by atoms with Crippen molar-refractivity contribution in [1.82, 2.24) is 4.90 Å². The van der Waals surface area contributed by atoms with Gasteiger partial charge in [-0.2, -0.15) is 0 Å². The third kappa shape index (κ3) is 4.33. The lowest BCUT2D eigenvalue weighted by Crippen LogP contribution is -2.30. The third-order valence-electron chi connectivity index (χ3n) is 3.05. The number of hydrogen-bond acceptors (Lipinski definition) is 2. The molecule has 1 aromatic carbocycles. The fraction of sp³-hybridized carbons (Fsp3) is 0.571. The Morgan fingerprint density at radius 1 is 1.31 bits per heavy atom. The van der Waals surface area contributed by atoms with E-state index in [1.165, 1.54) is 11.1 Å². The van der Waals surface area contributed by atoms with E-state index in [0.717, 1.165) is 26.1 Å². The summed E-state index contributed by atoms with van der Waals surface area (Å²) in [5.74, 6) is 0.585. The van der Waals surface area contributed by atoms with Crippen LogP contribution in [0.3, 0.4) is 0 Å². The quantitative estimate of drug-likeness (QED) is 0.795. The van der Waals surface area contributed by atoms with E-state index in [9.17, 15) is 0 Å². The molecule has 16 heavy (non-hydrogen) atoms. The molecule has 2 N–H and O–H groups in total. The number of hydrogen-bond donors (Lipinski definition) is 1. The molecule has 0 radical (unpaired) electrons. The number of nitrogens with two attached hydrogens (primary N) is 1. The molecule has 2 nitrogen and oxygen atoms in total. The first kappa shape index (κ1) is 13.2. The molecule has 90 valence electrons. The van der Waals surface area contributed by atoms with Crippen LogP contribution in [0.1, 0.15) is 18.1 Å². The van der Waals surface area contributed by atoms with Gasteiger partial charge in [0.15, 0.2) is 0 Å². The lowest BCUT2D eigenvalue weighted by atomic mass is 10.1. The number of nitrogens with zero attached hydrogens (tertiary/aromatic N) is 1. The van der Waals surface area contributed by atoms with Gasteiger partial charge in [-0.15, -0.1) is 0 Å². The van der Waals surface area contributed by atoms with Crippen molar-refractivity contribution in [3.63, 3.8) is 0 Å². The minimum absolute atomic E-state index is 0.585. The maximum atomic E-state index is 5.63. The summed E-state index contributed by atoms with van der Waals surface area (Å²) >= 11 is 0. The van der Waals surface area contributed by atoms with Gasteiger partial charge in [0.05, 0.1) is 0 Å². The number of benzene rings is 1. The van der Waals surface area contributed by atoms with Gasteiger partial charge in [-0.05, 0) is 44.0 Å². The van der Waals surface area contributed by atoms with Crippen LogP contribution >= 0.6 is 0 Å². The van der Waals surface area contributed by atoms with Crippen LogP contribution in [-0.4, -0.2) is 31.6 Å². The zero-order valence-electron chi connectivity index (χ0n) is 10.7. The Morgan fingerprint density at radius 2 is 2.00 bits per heavy atom. The molecule has 1 unspecified atom stereocenters. The van der Waals surface area contributed by atoms with Gasteiger partial charge in [0.2, 0.25) is 0 Å². The summed E-state index contributed by atoms with van der Waals surface area (Å²) in [7, 11) is 2.17. The summed E-state index contributed by atoms with van der Waals surface area (Å²) in [5, 5.41) is 0. The molecule has 0 aliphatic rings. The van der Waals surface area contributed by atoms with Gasteiger partial charge in [-0.3, -0.25) is 0 Å². The summed E-state index contributed by atoms with van der Waals surface area (Å²) in [6, 6.07) is 8.61. The van der Waals surface area contributed by atoms with Crippen LogP contribution in [0.25, 0.3) is 0 Å². The smallest absolute Gasteiger partial charge is 0.00190 e. The van der Waals surface area contributed by atoms with Gasteiger partial charge in [0, 0.05) is 13.1 Å². The van der Waals surface area contributed by atoms with Crippen molar-refractivity contribution in [2.75, 3.05) is 26.7 Å². The van der Waals surface area contributed by atoms with E-state index in [2.05, 4.69) is 50.1 Å². The highest BCUT2D eigenvalue weighted by Crippen LogP contribution is 2.08. The first-order valence-corrected chi connectivity index (χ1v) is 6.06. The molecule has 0 aliphatic carbocycles. The molecule has 0 aliphatic heterocycles. The van der Waals surface area contributed by atoms with E-state index < -0.39 is 0 Å². The van der Waals surface area contributed by atoms with Crippen molar-refractivity contribution >= 4 is 0 Å². The molecule has 0 spiro atoms. The normalized spacial score (nSPS) is 13.1. The fourth-order valence-corrected chi connectivity index (χ4v) is 1.90. The standard InChI is InChI=1S/C14H24N2/c1-12(10-15)11-16(3)9-8-14-7-5-4-6-13(14)2/h4-7,12H,8-11,15H2,1-3H3. The van der Waals surface area contributed by atoms with E-state index in [-0.39, 0.29) is 0 Å². The van der Waals surface area contributed by atoms with Gasteiger partial charge in [0.1, 0.15) is 0 Å². The Hall–Kier alpha value is -0.860. The van der Waals surface area contributed by atoms with Crippen molar-refractivity contribution < 1.29 is 0 Å². The molecule has 1 aromatic rings. The molecule has 2 heteroatoms. The lowest BCUT2D eigenvalue weighted by Gasteiger charge is -2.20. The molecule has 1 atom stereocenters. The van der Waals surface area contributed by atoms with Crippen molar-refractivity contribution in [1.29, 1.82) is 0 Å². The minimum atomic E-state index is 0.585. The first-order valence-electron chi connectivity index (χ1n) is 6.06.